The lowest BCUT2D eigenvalue weighted by Crippen LogP contribution is -2.28. The van der Waals surface area contributed by atoms with Crippen LogP contribution in [0.5, 0.6) is 0 Å². The van der Waals surface area contributed by atoms with E-state index in [1.54, 1.807) is 7.05 Å². The van der Waals surface area contributed by atoms with Gasteiger partial charge in [0.1, 0.15) is 0 Å². The van der Waals surface area contributed by atoms with Crippen molar-refractivity contribution in [2.75, 3.05) is 13.6 Å². The van der Waals surface area contributed by atoms with Crippen LogP contribution < -0.4 is 10.6 Å². The van der Waals surface area contributed by atoms with Crippen molar-refractivity contribution in [2.24, 2.45) is 0 Å². The summed E-state index contributed by atoms with van der Waals surface area (Å²) >= 11 is 0. The summed E-state index contributed by atoms with van der Waals surface area (Å²) in [6.07, 6.45) is 3.73. The van der Waals surface area contributed by atoms with Crippen molar-refractivity contribution < 1.29 is 4.79 Å². The molecule has 1 unspecified atom stereocenters. The van der Waals surface area contributed by atoms with Gasteiger partial charge in [0.15, 0.2) is 0 Å². The second kappa shape index (κ2) is 8.70. The Kier molecular flexibility index (Phi) is 7.11. The van der Waals surface area contributed by atoms with Crippen LogP contribution in [-0.4, -0.2) is 25.5 Å². The van der Waals surface area contributed by atoms with Gasteiger partial charge in [-0.05, 0) is 38.3 Å². The SMILES string of the molecule is CNC(=O)CCCNC(C)CCc1ccccc1. The summed E-state index contributed by atoms with van der Waals surface area (Å²) in [6, 6.07) is 11.0. The largest absolute Gasteiger partial charge is 0.359 e. The first-order valence-corrected chi connectivity index (χ1v) is 6.70. The molecule has 1 atom stereocenters. The lowest BCUT2D eigenvalue weighted by Gasteiger charge is -2.13. The monoisotopic (exact) mass is 248 g/mol. The fourth-order valence-corrected chi connectivity index (χ4v) is 1.85. The van der Waals surface area contributed by atoms with E-state index in [1.807, 2.05) is 6.07 Å². The van der Waals surface area contributed by atoms with E-state index in [1.165, 1.54) is 5.56 Å². The Labute approximate surface area is 110 Å². The first-order valence-electron chi connectivity index (χ1n) is 6.70. The van der Waals surface area contributed by atoms with Crippen LogP contribution in [-0.2, 0) is 11.2 Å². The van der Waals surface area contributed by atoms with Crippen molar-refractivity contribution in [1.29, 1.82) is 0 Å². The van der Waals surface area contributed by atoms with Crippen LogP contribution in [0.25, 0.3) is 0 Å². The van der Waals surface area contributed by atoms with Crippen LogP contribution in [0.2, 0.25) is 0 Å². The van der Waals surface area contributed by atoms with Crippen molar-refractivity contribution in [1.82, 2.24) is 10.6 Å². The summed E-state index contributed by atoms with van der Waals surface area (Å²) < 4.78 is 0. The third-order valence-electron chi connectivity index (χ3n) is 3.06. The van der Waals surface area contributed by atoms with Gasteiger partial charge in [0, 0.05) is 19.5 Å². The minimum atomic E-state index is 0.119. The Morgan fingerprint density at radius 3 is 2.67 bits per heavy atom. The lowest BCUT2D eigenvalue weighted by molar-refractivity contribution is -0.120. The van der Waals surface area contributed by atoms with Gasteiger partial charge in [-0.25, -0.2) is 0 Å². The number of nitrogens with one attached hydrogen (secondary N) is 2. The van der Waals surface area contributed by atoms with Gasteiger partial charge in [-0.2, -0.15) is 0 Å². The molecule has 100 valence electrons. The van der Waals surface area contributed by atoms with Gasteiger partial charge in [0.25, 0.3) is 0 Å². The molecule has 0 saturated carbocycles. The van der Waals surface area contributed by atoms with Crippen molar-refractivity contribution in [3.63, 3.8) is 0 Å². The number of aryl methyl sites for hydroxylation is 1. The molecule has 0 aromatic heterocycles. The number of carbonyl (C=O) groups is 1. The smallest absolute Gasteiger partial charge is 0.219 e. The molecule has 0 spiro atoms. The zero-order valence-corrected chi connectivity index (χ0v) is 11.4. The van der Waals surface area contributed by atoms with E-state index < -0.39 is 0 Å². The van der Waals surface area contributed by atoms with Gasteiger partial charge < -0.3 is 10.6 Å². The van der Waals surface area contributed by atoms with Gasteiger partial charge in [-0.3, -0.25) is 4.79 Å². The molecule has 0 radical (unpaired) electrons. The topological polar surface area (TPSA) is 41.1 Å². The summed E-state index contributed by atoms with van der Waals surface area (Å²) in [6.45, 7) is 3.10. The number of amides is 1. The van der Waals surface area contributed by atoms with Crippen LogP contribution >= 0.6 is 0 Å². The maximum atomic E-state index is 11.0. The van der Waals surface area contributed by atoms with Gasteiger partial charge in [-0.1, -0.05) is 30.3 Å². The summed E-state index contributed by atoms with van der Waals surface area (Å²) in [5.74, 6) is 0.119. The van der Waals surface area contributed by atoms with Gasteiger partial charge in [-0.15, -0.1) is 0 Å². The average molecular weight is 248 g/mol. The van der Waals surface area contributed by atoms with E-state index in [9.17, 15) is 4.79 Å². The zero-order chi connectivity index (χ0) is 13.2. The highest BCUT2D eigenvalue weighted by atomic mass is 16.1. The standard InChI is InChI=1S/C15H24N2O/c1-13(17-12-6-9-15(18)16-2)10-11-14-7-4-3-5-8-14/h3-5,7-8,13,17H,6,9-12H2,1-2H3,(H,16,18). The molecule has 18 heavy (non-hydrogen) atoms. The molecule has 1 rings (SSSR count). The fourth-order valence-electron chi connectivity index (χ4n) is 1.85. The fraction of sp³-hybridized carbons (Fsp3) is 0.533. The van der Waals surface area contributed by atoms with Crippen LogP contribution in [0, 0.1) is 0 Å². The van der Waals surface area contributed by atoms with Gasteiger partial charge in [0.2, 0.25) is 5.91 Å². The van der Waals surface area contributed by atoms with Crippen molar-refractivity contribution in [3.05, 3.63) is 35.9 Å². The minimum Gasteiger partial charge on any atom is -0.359 e. The third-order valence-corrected chi connectivity index (χ3v) is 3.06. The van der Waals surface area contributed by atoms with Gasteiger partial charge in [0.05, 0.1) is 0 Å². The number of hydrogen-bond acceptors (Lipinski definition) is 2. The molecule has 2 N–H and O–H groups in total. The number of rotatable bonds is 8. The first-order chi connectivity index (χ1) is 8.72. The van der Waals surface area contributed by atoms with E-state index in [0.29, 0.717) is 12.5 Å². The Hall–Kier alpha value is -1.35. The molecule has 0 heterocycles. The number of hydrogen-bond donors (Lipinski definition) is 2. The summed E-state index contributed by atoms with van der Waals surface area (Å²) in [7, 11) is 1.68. The maximum Gasteiger partial charge on any atom is 0.219 e. The predicted octanol–water partition coefficient (Wildman–Crippen LogP) is 2.12. The number of carbonyl (C=O) groups excluding carboxylic acids is 1. The molecule has 1 aromatic rings. The molecule has 1 amide bonds. The van der Waals surface area contributed by atoms with Crippen LogP contribution in [0.3, 0.4) is 0 Å². The van der Waals surface area contributed by atoms with E-state index in [2.05, 4.69) is 41.8 Å². The van der Waals surface area contributed by atoms with Crippen molar-refractivity contribution in [3.8, 4) is 0 Å². The molecule has 0 fully saturated rings. The highest BCUT2D eigenvalue weighted by Gasteiger charge is 2.02. The van der Waals surface area contributed by atoms with E-state index in [0.717, 1.165) is 25.8 Å². The molecular weight excluding hydrogens is 224 g/mol. The van der Waals surface area contributed by atoms with Crippen LogP contribution in [0.4, 0.5) is 0 Å². The molecular formula is C15H24N2O. The summed E-state index contributed by atoms with van der Waals surface area (Å²) in [5, 5.41) is 6.09. The Morgan fingerprint density at radius 2 is 2.00 bits per heavy atom. The average Bonchev–Trinajstić information content (AvgIpc) is 2.42. The third kappa shape index (κ3) is 6.40. The normalized spacial score (nSPS) is 12.1. The Balaban J connectivity index is 2.07. The molecule has 3 heteroatoms. The second-order valence-corrected chi connectivity index (χ2v) is 4.66. The molecule has 0 aliphatic heterocycles. The Morgan fingerprint density at radius 1 is 1.28 bits per heavy atom. The molecule has 0 saturated heterocycles. The van der Waals surface area contributed by atoms with Crippen molar-refractivity contribution >= 4 is 5.91 Å². The second-order valence-electron chi connectivity index (χ2n) is 4.66. The Bertz CT molecular complexity index is 338. The zero-order valence-electron chi connectivity index (χ0n) is 11.4. The lowest BCUT2D eigenvalue weighted by atomic mass is 10.1. The van der Waals surface area contributed by atoms with Crippen molar-refractivity contribution in [2.45, 2.75) is 38.6 Å². The molecule has 1 aromatic carbocycles. The molecule has 0 bridgehead atoms. The highest BCUT2D eigenvalue weighted by molar-refractivity contribution is 5.75. The summed E-state index contributed by atoms with van der Waals surface area (Å²) in [4.78, 5) is 11.0. The maximum absolute atomic E-state index is 11.0. The van der Waals surface area contributed by atoms with Crippen LogP contribution in [0.15, 0.2) is 30.3 Å². The van der Waals surface area contributed by atoms with E-state index in [-0.39, 0.29) is 5.91 Å². The van der Waals surface area contributed by atoms with Crippen LogP contribution in [0.1, 0.15) is 31.7 Å². The first kappa shape index (κ1) is 14.7. The predicted molar refractivity (Wildman–Crippen MR) is 75.5 cm³/mol. The quantitative estimate of drug-likeness (QED) is 0.692. The minimum absolute atomic E-state index is 0.119. The molecule has 0 aliphatic rings. The molecule has 0 aliphatic carbocycles. The summed E-state index contributed by atoms with van der Waals surface area (Å²) in [5.41, 5.74) is 1.39. The van der Waals surface area contributed by atoms with E-state index in [4.69, 9.17) is 0 Å². The number of benzene rings is 1. The van der Waals surface area contributed by atoms with E-state index >= 15 is 0 Å². The molecule has 3 nitrogen and oxygen atoms in total. The highest BCUT2D eigenvalue weighted by Crippen LogP contribution is 2.04. The van der Waals surface area contributed by atoms with Gasteiger partial charge >= 0.3 is 0 Å².